The van der Waals surface area contributed by atoms with Crippen LogP contribution in [0.25, 0.3) is 0 Å². The Labute approximate surface area is 92.6 Å². The Balaban J connectivity index is 2.38. The van der Waals surface area contributed by atoms with Gasteiger partial charge in [0.15, 0.2) is 5.75 Å². The van der Waals surface area contributed by atoms with Crippen molar-refractivity contribution in [2.75, 3.05) is 0 Å². The molecule has 0 saturated heterocycles. The van der Waals surface area contributed by atoms with Gasteiger partial charge in [-0.05, 0) is 28.8 Å². The van der Waals surface area contributed by atoms with Crippen LogP contribution in [0.15, 0.2) is 16.9 Å². The number of nitrogens with zero attached hydrogens (tertiary/aromatic N) is 1. The second kappa shape index (κ2) is 3.66. The molecule has 0 spiro atoms. The molecule has 15 heavy (non-hydrogen) atoms. The van der Waals surface area contributed by atoms with Crippen LogP contribution in [-0.2, 0) is 6.18 Å². The van der Waals surface area contributed by atoms with Gasteiger partial charge in [0, 0.05) is 6.20 Å². The molecule has 1 aromatic heterocycles. The number of halogens is 4. The molecular formula is C9H7BrF3NO. The topological polar surface area (TPSA) is 22.1 Å². The van der Waals surface area contributed by atoms with Gasteiger partial charge in [-0.25, -0.2) is 0 Å². The normalized spacial score (nSPS) is 16.5. The Morgan fingerprint density at radius 1 is 1.33 bits per heavy atom. The predicted molar refractivity (Wildman–Crippen MR) is 50.6 cm³/mol. The summed E-state index contributed by atoms with van der Waals surface area (Å²) in [6.07, 6.45) is -0.670. The minimum atomic E-state index is -4.42. The maximum absolute atomic E-state index is 12.6. The van der Waals surface area contributed by atoms with Gasteiger partial charge in [-0.3, -0.25) is 4.98 Å². The van der Waals surface area contributed by atoms with Crippen LogP contribution in [0, 0.1) is 0 Å². The zero-order chi connectivity index (χ0) is 11.1. The first-order valence-corrected chi connectivity index (χ1v) is 5.15. The van der Waals surface area contributed by atoms with E-state index >= 15 is 0 Å². The van der Waals surface area contributed by atoms with Gasteiger partial charge in [-0.15, -0.1) is 0 Å². The van der Waals surface area contributed by atoms with Gasteiger partial charge < -0.3 is 4.74 Å². The molecule has 1 aromatic rings. The summed E-state index contributed by atoms with van der Waals surface area (Å²) in [6, 6.07) is 0. The first kappa shape index (κ1) is 10.7. The van der Waals surface area contributed by atoms with E-state index in [2.05, 4.69) is 20.9 Å². The Morgan fingerprint density at radius 3 is 2.53 bits per heavy atom. The van der Waals surface area contributed by atoms with Crippen molar-refractivity contribution < 1.29 is 17.9 Å². The lowest BCUT2D eigenvalue weighted by atomic mass is 10.2. The fourth-order valence-electron chi connectivity index (χ4n) is 1.15. The largest absolute Gasteiger partial charge is 0.488 e. The van der Waals surface area contributed by atoms with Crippen LogP contribution >= 0.6 is 15.9 Å². The van der Waals surface area contributed by atoms with Crippen LogP contribution in [0.2, 0.25) is 0 Å². The van der Waals surface area contributed by atoms with Crippen molar-refractivity contribution in [3.05, 3.63) is 22.4 Å². The quantitative estimate of drug-likeness (QED) is 0.829. The van der Waals surface area contributed by atoms with E-state index in [4.69, 9.17) is 4.74 Å². The number of hydrogen-bond donors (Lipinski definition) is 0. The molecular weight excluding hydrogens is 275 g/mol. The maximum atomic E-state index is 12.6. The highest BCUT2D eigenvalue weighted by molar-refractivity contribution is 9.10. The standard InChI is InChI=1S/C9H7BrF3NO/c10-6-3-14-4-7(15-5-1-2-5)8(6)9(11,12)13/h3-5H,1-2H2. The van der Waals surface area contributed by atoms with E-state index in [9.17, 15) is 13.2 Å². The van der Waals surface area contributed by atoms with E-state index in [-0.39, 0.29) is 16.3 Å². The average molecular weight is 282 g/mol. The molecule has 1 aliphatic carbocycles. The van der Waals surface area contributed by atoms with E-state index in [0.29, 0.717) is 0 Å². The summed E-state index contributed by atoms with van der Waals surface area (Å²) in [5.41, 5.74) is -0.788. The minimum Gasteiger partial charge on any atom is -0.488 e. The molecule has 1 saturated carbocycles. The Kier molecular flexibility index (Phi) is 2.62. The second-order valence-electron chi connectivity index (χ2n) is 3.31. The highest BCUT2D eigenvalue weighted by Crippen LogP contribution is 2.42. The van der Waals surface area contributed by atoms with E-state index < -0.39 is 11.7 Å². The highest BCUT2D eigenvalue weighted by atomic mass is 79.9. The summed E-state index contributed by atoms with van der Waals surface area (Å²) in [4.78, 5) is 3.67. The predicted octanol–water partition coefficient (Wildman–Crippen LogP) is 3.40. The van der Waals surface area contributed by atoms with Gasteiger partial charge in [0.2, 0.25) is 0 Å². The fraction of sp³-hybridized carbons (Fsp3) is 0.444. The zero-order valence-corrected chi connectivity index (χ0v) is 9.10. The molecule has 0 aromatic carbocycles. The van der Waals surface area contributed by atoms with Gasteiger partial charge in [-0.1, -0.05) is 0 Å². The summed E-state index contributed by atoms with van der Waals surface area (Å²) in [7, 11) is 0. The molecule has 0 N–H and O–H groups in total. The molecule has 0 aliphatic heterocycles. The lowest BCUT2D eigenvalue weighted by Gasteiger charge is -2.14. The van der Waals surface area contributed by atoms with Crippen molar-refractivity contribution in [2.24, 2.45) is 0 Å². The average Bonchev–Trinajstić information content (AvgIpc) is 2.85. The van der Waals surface area contributed by atoms with Gasteiger partial charge in [0.25, 0.3) is 0 Å². The van der Waals surface area contributed by atoms with Gasteiger partial charge in [0.05, 0.1) is 16.8 Å². The first-order chi connectivity index (χ1) is 6.98. The molecule has 2 rings (SSSR count). The molecule has 0 radical (unpaired) electrons. The van der Waals surface area contributed by atoms with E-state index in [1.165, 1.54) is 0 Å². The lowest BCUT2D eigenvalue weighted by molar-refractivity contribution is -0.139. The molecule has 0 atom stereocenters. The van der Waals surface area contributed by atoms with Gasteiger partial charge in [-0.2, -0.15) is 13.2 Å². The molecule has 1 fully saturated rings. The van der Waals surface area contributed by atoms with Gasteiger partial charge in [0.1, 0.15) is 5.56 Å². The monoisotopic (exact) mass is 281 g/mol. The second-order valence-corrected chi connectivity index (χ2v) is 4.16. The van der Waals surface area contributed by atoms with Crippen LogP contribution < -0.4 is 4.74 Å². The van der Waals surface area contributed by atoms with Crippen molar-refractivity contribution in [1.82, 2.24) is 4.98 Å². The van der Waals surface area contributed by atoms with Crippen LogP contribution in [0.4, 0.5) is 13.2 Å². The molecule has 6 heteroatoms. The van der Waals surface area contributed by atoms with E-state index in [0.717, 1.165) is 25.2 Å². The van der Waals surface area contributed by atoms with Crippen molar-refractivity contribution in [3.8, 4) is 5.75 Å². The van der Waals surface area contributed by atoms with Crippen molar-refractivity contribution >= 4 is 15.9 Å². The Morgan fingerprint density at radius 2 is 2.00 bits per heavy atom. The number of hydrogen-bond acceptors (Lipinski definition) is 2. The highest BCUT2D eigenvalue weighted by Gasteiger charge is 2.38. The zero-order valence-electron chi connectivity index (χ0n) is 7.51. The number of aromatic nitrogens is 1. The number of alkyl halides is 3. The molecule has 0 unspecified atom stereocenters. The third kappa shape index (κ3) is 2.42. The molecule has 0 amide bonds. The van der Waals surface area contributed by atoms with Crippen molar-refractivity contribution in [2.45, 2.75) is 25.1 Å². The molecule has 1 aliphatic rings. The smallest absolute Gasteiger partial charge is 0.421 e. The van der Waals surface area contributed by atoms with Crippen LogP contribution in [0.5, 0.6) is 5.75 Å². The third-order valence-corrected chi connectivity index (χ3v) is 2.57. The fourth-order valence-corrected chi connectivity index (χ4v) is 1.69. The maximum Gasteiger partial charge on any atom is 0.421 e. The van der Waals surface area contributed by atoms with Crippen LogP contribution in [-0.4, -0.2) is 11.1 Å². The molecule has 82 valence electrons. The first-order valence-electron chi connectivity index (χ1n) is 4.36. The van der Waals surface area contributed by atoms with Crippen molar-refractivity contribution in [1.29, 1.82) is 0 Å². The van der Waals surface area contributed by atoms with E-state index in [1.807, 2.05) is 0 Å². The molecule has 1 heterocycles. The minimum absolute atomic E-state index is 0.0813. The number of rotatable bonds is 2. The Hall–Kier alpha value is -0.780. The summed E-state index contributed by atoms with van der Waals surface area (Å²) < 4.78 is 43.0. The summed E-state index contributed by atoms with van der Waals surface area (Å²) in [6.45, 7) is 0. The number of ether oxygens (including phenoxy) is 1. The summed E-state index contributed by atoms with van der Waals surface area (Å²) in [5.74, 6) is -0.195. The molecule has 0 bridgehead atoms. The van der Waals surface area contributed by atoms with Gasteiger partial charge >= 0.3 is 6.18 Å². The van der Waals surface area contributed by atoms with Crippen molar-refractivity contribution in [3.63, 3.8) is 0 Å². The SMILES string of the molecule is FC(F)(F)c1c(Br)cncc1OC1CC1. The van der Waals surface area contributed by atoms with Crippen LogP contribution in [0.1, 0.15) is 18.4 Å². The lowest BCUT2D eigenvalue weighted by Crippen LogP contribution is -2.11. The number of pyridine rings is 1. The van der Waals surface area contributed by atoms with E-state index in [1.54, 1.807) is 0 Å². The summed E-state index contributed by atoms with van der Waals surface area (Å²) in [5, 5.41) is 0. The van der Waals surface area contributed by atoms with Crippen LogP contribution in [0.3, 0.4) is 0 Å². The Bertz CT molecular complexity index is 376. The summed E-state index contributed by atoms with van der Waals surface area (Å²) >= 11 is 2.83. The molecule has 2 nitrogen and oxygen atoms in total. The third-order valence-electron chi connectivity index (χ3n) is 1.97.